The van der Waals surface area contributed by atoms with Crippen molar-refractivity contribution < 1.29 is 0 Å². The minimum atomic E-state index is 0.385. The van der Waals surface area contributed by atoms with Crippen molar-refractivity contribution in [2.45, 2.75) is 0 Å². The molecule has 0 aromatic heterocycles. The number of nitroso groups, excluding NO2 is 2. The van der Waals surface area contributed by atoms with Gasteiger partial charge in [-0.05, 0) is 71.0 Å². The molecule has 3 rings (SSSR count). The van der Waals surface area contributed by atoms with Crippen molar-refractivity contribution in [2.75, 3.05) is 10.6 Å². The van der Waals surface area contributed by atoms with Gasteiger partial charge in [-0.2, -0.15) is 0 Å². The zero-order valence-corrected chi connectivity index (χ0v) is 12.6. The SMILES string of the molecule is O=Nc1ccc(Nc2ccccc2Nc2ccc(N=O)cc2)cc1. The third-order valence-corrected chi connectivity index (χ3v) is 3.43. The van der Waals surface area contributed by atoms with Crippen LogP contribution in [0.25, 0.3) is 0 Å². The van der Waals surface area contributed by atoms with E-state index in [1.165, 1.54) is 0 Å². The van der Waals surface area contributed by atoms with E-state index in [4.69, 9.17) is 0 Å². The summed E-state index contributed by atoms with van der Waals surface area (Å²) in [4.78, 5) is 20.9. The Balaban J connectivity index is 1.81. The Morgan fingerprint density at radius 2 is 0.917 bits per heavy atom. The maximum Gasteiger partial charge on any atom is 0.108 e. The van der Waals surface area contributed by atoms with Gasteiger partial charge < -0.3 is 10.6 Å². The second-order valence-electron chi connectivity index (χ2n) is 5.07. The summed E-state index contributed by atoms with van der Waals surface area (Å²) < 4.78 is 0. The van der Waals surface area contributed by atoms with E-state index in [0.29, 0.717) is 11.4 Å². The number of benzene rings is 3. The summed E-state index contributed by atoms with van der Waals surface area (Å²) in [7, 11) is 0. The fraction of sp³-hybridized carbons (Fsp3) is 0. The second-order valence-corrected chi connectivity index (χ2v) is 5.07. The van der Waals surface area contributed by atoms with Crippen LogP contribution < -0.4 is 10.6 Å². The van der Waals surface area contributed by atoms with Crippen molar-refractivity contribution >= 4 is 34.1 Å². The van der Waals surface area contributed by atoms with Gasteiger partial charge >= 0.3 is 0 Å². The lowest BCUT2D eigenvalue weighted by Crippen LogP contribution is -1.97. The first-order chi connectivity index (χ1) is 11.8. The average Bonchev–Trinajstić information content (AvgIpc) is 2.64. The molecule has 118 valence electrons. The van der Waals surface area contributed by atoms with E-state index >= 15 is 0 Å². The summed E-state index contributed by atoms with van der Waals surface area (Å²) >= 11 is 0. The van der Waals surface area contributed by atoms with Gasteiger partial charge in [0, 0.05) is 11.4 Å². The van der Waals surface area contributed by atoms with Gasteiger partial charge in [0.2, 0.25) is 0 Å². The normalized spacial score (nSPS) is 10.0. The summed E-state index contributed by atoms with van der Waals surface area (Å²) in [6, 6.07) is 21.5. The maximum atomic E-state index is 10.5. The van der Waals surface area contributed by atoms with E-state index in [9.17, 15) is 9.81 Å². The molecule has 0 aliphatic carbocycles. The molecule has 0 atom stereocenters. The summed E-state index contributed by atoms with van der Waals surface area (Å²) in [6.45, 7) is 0. The highest BCUT2D eigenvalue weighted by molar-refractivity contribution is 5.78. The molecule has 0 fully saturated rings. The quantitative estimate of drug-likeness (QED) is 0.548. The molecule has 0 aliphatic heterocycles. The van der Waals surface area contributed by atoms with Crippen LogP contribution in [-0.4, -0.2) is 0 Å². The van der Waals surface area contributed by atoms with Gasteiger partial charge in [0.05, 0.1) is 11.4 Å². The van der Waals surface area contributed by atoms with E-state index in [2.05, 4.69) is 21.0 Å². The highest BCUT2D eigenvalue weighted by Gasteiger charge is 2.03. The number of nitrogens with one attached hydrogen (secondary N) is 2. The van der Waals surface area contributed by atoms with Crippen LogP contribution in [0, 0.1) is 9.81 Å². The number of hydrogen-bond acceptors (Lipinski definition) is 6. The first kappa shape index (κ1) is 15.4. The highest BCUT2D eigenvalue weighted by Crippen LogP contribution is 2.29. The predicted octanol–water partition coefficient (Wildman–Crippen LogP) is 5.97. The molecule has 24 heavy (non-hydrogen) atoms. The molecule has 0 radical (unpaired) electrons. The molecular formula is C18H14N4O2. The molecule has 0 aliphatic rings. The summed E-state index contributed by atoms with van der Waals surface area (Å²) in [6.07, 6.45) is 0. The van der Waals surface area contributed by atoms with Crippen molar-refractivity contribution in [3.63, 3.8) is 0 Å². The average molecular weight is 318 g/mol. The Morgan fingerprint density at radius 3 is 1.25 bits per heavy atom. The number of hydrogen-bond donors (Lipinski definition) is 2. The summed E-state index contributed by atoms with van der Waals surface area (Å²) in [5, 5.41) is 12.4. The molecule has 0 unspecified atom stereocenters. The number of nitrogens with zero attached hydrogens (tertiary/aromatic N) is 2. The van der Waals surface area contributed by atoms with E-state index in [1.807, 2.05) is 24.3 Å². The van der Waals surface area contributed by atoms with Crippen molar-refractivity contribution in [1.82, 2.24) is 0 Å². The molecule has 3 aromatic carbocycles. The van der Waals surface area contributed by atoms with E-state index in [0.717, 1.165) is 22.7 Å². The third kappa shape index (κ3) is 3.61. The molecule has 6 heteroatoms. The molecule has 0 spiro atoms. The van der Waals surface area contributed by atoms with Gasteiger partial charge in [0.1, 0.15) is 11.4 Å². The Morgan fingerprint density at radius 1 is 0.542 bits per heavy atom. The fourth-order valence-corrected chi connectivity index (χ4v) is 2.22. The number of para-hydroxylation sites is 2. The van der Waals surface area contributed by atoms with E-state index in [-0.39, 0.29) is 0 Å². The summed E-state index contributed by atoms with van der Waals surface area (Å²) in [5.74, 6) is 0. The molecule has 0 bridgehead atoms. The van der Waals surface area contributed by atoms with Crippen LogP contribution >= 0.6 is 0 Å². The molecule has 0 amide bonds. The first-order valence-corrected chi connectivity index (χ1v) is 7.28. The fourth-order valence-electron chi connectivity index (χ4n) is 2.22. The first-order valence-electron chi connectivity index (χ1n) is 7.28. The van der Waals surface area contributed by atoms with Crippen LogP contribution in [0.3, 0.4) is 0 Å². The molecule has 2 N–H and O–H groups in total. The van der Waals surface area contributed by atoms with Gasteiger partial charge in [-0.1, -0.05) is 12.1 Å². The minimum absolute atomic E-state index is 0.385. The van der Waals surface area contributed by atoms with Crippen molar-refractivity contribution in [2.24, 2.45) is 10.4 Å². The largest absolute Gasteiger partial charge is 0.354 e. The lowest BCUT2D eigenvalue weighted by Gasteiger charge is -2.14. The molecular weight excluding hydrogens is 304 g/mol. The lowest BCUT2D eigenvalue weighted by molar-refractivity contribution is 1.46. The van der Waals surface area contributed by atoms with Gasteiger partial charge in [-0.25, -0.2) is 0 Å². The molecule has 0 saturated carbocycles. The van der Waals surface area contributed by atoms with Crippen LogP contribution in [0.15, 0.2) is 83.2 Å². The highest BCUT2D eigenvalue weighted by atomic mass is 16.3. The molecule has 6 nitrogen and oxygen atoms in total. The van der Waals surface area contributed by atoms with Gasteiger partial charge in [0.25, 0.3) is 0 Å². The second kappa shape index (κ2) is 7.15. The third-order valence-electron chi connectivity index (χ3n) is 3.43. The van der Waals surface area contributed by atoms with Crippen molar-refractivity contribution in [1.29, 1.82) is 0 Å². The van der Waals surface area contributed by atoms with Gasteiger partial charge in [-0.3, -0.25) is 0 Å². The maximum absolute atomic E-state index is 10.5. The lowest BCUT2D eigenvalue weighted by atomic mass is 10.2. The van der Waals surface area contributed by atoms with Crippen molar-refractivity contribution in [3.05, 3.63) is 82.6 Å². The van der Waals surface area contributed by atoms with Crippen LogP contribution in [0.1, 0.15) is 0 Å². The van der Waals surface area contributed by atoms with Crippen LogP contribution in [-0.2, 0) is 0 Å². The predicted molar refractivity (Wildman–Crippen MR) is 96.8 cm³/mol. The van der Waals surface area contributed by atoms with E-state index in [1.54, 1.807) is 48.5 Å². The Kier molecular flexibility index (Phi) is 4.57. The Labute approximate surface area is 138 Å². The topological polar surface area (TPSA) is 82.9 Å². The monoisotopic (exact) mass is 318 g/mol. The van der Waals surface area contributed by atoms with Crippen molar-refractivity contribution in [3.8, 4) is 0 Å². The summed E-state index contributed by atoms with van der Waals surface area (Å²) in [5.41, 5.74) is 4.21. The number of anilines is 4. The standard InChI is InChI=1S/C18H14N4O2/c23-21-15-9-5-13(6-10-15)19-17-3-1-2-4-18(17)20-14-7-11-16(22-24)12-8-14/h1-12,19-20H. The zero-order valence-electron chi connectivity index (χ0n) is 12.6. The van der Waals surface area contributed by atoms with E-state index < -0.39 is 0 Å². The Hall–Kier alpha value is -3.54. The van der Waals surface area contributed by atoms with Gasteiger partial charge in [-0.15, -0.1) is 9.81 Å². The molecule has 0 heterocycles. The van der Waals surface area contributed by atoms with Crippen LogP contribution in [0.4, 0.5) is 34.1 Å². The smallest absolute Gasteiger partial charge is 0.108 e. The van der Waals surface area contributed by atoms with Gasteiger partial charge in [0.15, 0.2) is 0 Å². The molecule has 3 aromatic rings. The van der Waals surface area contributed by atoms with Crippen LogP contribution in [0.5, 0.6) is 0 Å². The minimum Gasteiger partial charge on any atom is -0.354 e. The number of rotatable bonds is 6. The van der Waals surface area contributed by atoms with Crippen LogP contribution in [0.2, 0.25) is 0 Å². The zero-order chi connectivity index (χ0) is 16.8. The molecule has 0 saturated heterocycles. The Bertz CT molecular complexity index is 773.